The van der Waals surface area contributed by atoms with Gasteiger partial charge in [-0.15, -0.1) is 0 Å². The van der Waals surface area contributed by atoms with Gasteiger partial charge < -0.3 is 19.2 Å². The number of urea groups is 1. The van der Waals surface area contributed by atoms with E-state index in [-0.39, 0.29) is 61.1 Å². The molecule has 15 nitrogen and oxygen atoms in total. The zero-order chi connectivity index (χ0) is 37.1. The van der Waals surface area contributed by atoms with Crippen LogP contribution in [0.3, 0.4) is 0 Å². The van der Waals surface area contributed by atoms with Crippen molar-refractivity contribution in [3.05, 3.63) is 78.8 Å². The number of amides is 3. The molecular formula is C36H43N11O4. The van der Waals surface area contributed by atoms with Crippen molar-refractivity contribution in [3.8, 4) is 11.9 Å². The summed E-state index contributed by atoms with van der Waals surface area (Å²) in [6.45, 7) is 15.8. The lowest BCUT2D eigenvalue weighted by atomic mass is 10.1. The molecule has 3 amide bonds. The summed E-state index contributed by atoms with van der Waals surface area (Å²) in [6, 6.07) is 12.0. The number of imidazole rings is 2. The molecule has 0 saturated carbocycles. The Labute approximate surface area is 296 Å². The number of carbonyl (C=O) groups excluding carboxylic acids is 3. The number of allylic oxidation sites excluding steroid dienone is 1. The number of nitrogens with one attached hydrogen (secondary N) is 2. The average Bonchev–Trinajstić information content (AvgIpc) is 3.72. The molecule has 0 spiro atoms. The summed E-state index contributed by atoms with van der Waals surface area (Å²) in [6.07, 6.45) is 9.33. The van der Waals surface area contributed by atoms with Crippen LogP contribution in [0.4, 0.5) is 16.6 Å². The average molecular weight is 694 g/mol. The van der Waals surface area contributed by atoms with Crippen LogP contribution in [0, 0.1) is 11.3 Å². The monoisotopic (exact) mass is 693 g/mol. The molecule has 3 aromatic heterocycles. The second-order valence-electron chi connectivity index (χ2n) is 12.4. The SMILES string of the molecule is C=C1C=CN(C(C)C)C(=O)N1.CC(C)n1cnc2c(OCCC#N)nc(NC(=O)Cc3ccccc3)nc21.CC(C)n1cnc2c1N=CCC2=O. The molecule has 0 atom stereocenters. The van der Waals surface area contributed by atoms with E-state index in [4.69, 9.17) is 10.00 Å². The normalized spacial score (nSPS) is 13.3. The maximum absolute atomic E-state index is 12.3. The molecule has 1 aromatic carbocycles. The first-order chi connectivity index (χ1) is 24.4. The van der Waals surface area contributed by atoms with E-state index in [1.54, 1.807) is 36.0 Å². The number of nitrogens with zero attached hydrogens (tertiary/aromatic N) is 9. The van der Waals surface area contributed by atoms with Crippen molar-refractivity contribution in [3.63, 3.8) is 0 Å². The van der Waals surface area contributed by atoms with E-state index >= 15 is 0 Å². The van der Waals surface area contributed by atoms with Crippen molar-refractivity contribution >= 4 is 46.9 Å². The number of hydrogen-bond donors (Lipinski definition) is 2. The molecule has 15 heteroatoms. The van der Waals surface area contributed by atoms with Crippen LogP contribution < -0.4 is 15.4 Å². The fourth-order valence-corrected chi connectivity index (χ4v) is 4.83. The van der Waals surface area contributed by atoms with E-state index in [0.717, 1.165) is 5.56 Å². The molecule has 5 heterocycles. The highest BCUT2D eigenvalue weighted by molar-refractivity contribution is 6.08. The van der Waals surface area contributed by atoms with Crippen molar-refractivity contribution in [1.82, 2.24) is 39.3 Å². The van der Waals surface area contributed by atoms with Crippen LogP contribution in [-0.2, 0) is 11.2 Å². The largest absolute Gasteiger partial charge is 0.475 e. The fourth-order valence-electron chi connectivity index (χ4n) is 4.83. The molecule has 0 radical (unpaired) electrons. The van der Waals surface area contributed by atoms with Gasteiger partial charge in [-0.05, 0) is 53.2 Å². The predicted molar refractivity (Wildman–Crippen MR) is 194 cm³/mol. The summed E-state index contributed by atoms with van der Waals surface area (Å²) in [5, 5.41) is 14.0. The number of aromatic nitrogens is 6. The Kier molecular flexibility index (Phi) is 12.9. The molecular weight excluding hydrogens is 650 g/mol. The van der Waals surface area contributed by atoms with Crippen LogP contribution in [0.2, 0.25) is 0 Å². The molecule has 2 aliphatic rings. The van der Waals surface area contributed by atoms with Gasteiger partial charge in [-0.2, -0.15) is 15.2 Å². The minimum absolute atomic E-state index is 0.0596. The highest BCUT2D eigenvalue weighted by Gasteiger charge is 2.21. The molecule has 0 aliphatic carbocycles. The Morgan fingerprint density at radius 1 is 1.02 bits per heavy atom. The van der Waals surface area contributed by atoms with Gasteiger partial charge in [0.15, 0.2) is 28.5 Å². The predicted octanol–water partition coefficient (Wildman–Crippen LogP) is 6.08. The number of anilines is 1. The maximum Gasteiger partial charge on any atom is 0.326 e. The Bertz CT molecular complexity index is 1970. The summed E-state index contributed by atoms with van der Waals surface area (Å²) in [7, 11) is 0. The number of aliphatic imine (C=N–C) groups is 1. The first kappa shape index (κ1) is 37.6. The van der Waals surface area contributed by atoms with Crippen LogP contribution in [-0.4, -0.2) is 70.6 Å². The Morgan fingerprint density at radius 2 is 1.73 bits per heavy atom. The number of ether oxygens (including phenoxy) is 1. The second kappa shape index (κ2) is 17.5. The quantitative estimate of drug-likeness (QED) is 0.196. The zero-order valence-electron chi connectivity index (χ0n) is 29.7. The smallest absolute Gasteiger partial charge is 0.326 e. The first-order valence-corrected chi connectivity index (χ1v) is 16.6. The zero-order valence-corrected chi connectivity index (χ0v) is 29.7. The van der Waals surface area contributed by atoms with Crippen molar-refractivity contribution in [1.29, 1.82) is 5.26 Å². The number of fused-ring (bicyclic) bond motifs is 2. The Balaban J connectivity index is 0.000000200. The molecule has 4 aromatic rings. The Morgan fingerprint density at radius 3 is 2.37 bits per heavy atom. The van der Waals surface area contributed by atoms with Crippen molar-refractivity contribution in [2.75, 3.05) is 11.9 Å². The lowest BCUT2D eigenvalue weighted by Crippen LogP contribution is -2.42. The molecule has 2 aliphatic heterocycles. The molecule has 6 rings (SSSR count). The van der Waals surface area contributed by atoms with Gasteiger partial charge in [-0.1, -0.05) is 36.9 Å². The third-order valence-corrected chi connectivity index (χ3v) is 7.43. The second-order valence-corrected chi connectivity index (χ2v) is 12.4. The van der Waals surface area contributed by atoms with E-state index in [1.807, 2.05) is 87.1 Å². The van der Waals surface area contributed by atoms with E-state index in [2.05, 4.69) is 42.1 Å². The number of carbonyl (C=O) groups is 3. The number of benzene rings is 1. The standard InChI is InChI=1S/C19H20N6O2.C9H11N3O.C8H12N2O/c1-13(2)25-12-21-16-17(25)23-19(24-18(16)27-10-6-9-20)22-15(26)11-14-7-4-3-5-8-14;1-6(2)12-5-11-8-7(13)3-4-10-9(8)12;1-6(2)10-5-4-7(3)9-8(10)11/h3-5,7-8,12-13H,6,10-11H2,1-2H3,(H,22,23,24,26);4-6H,3H2,1-2H3;4-6H,3H2,1-2H3,(H,9,11). The van der Waals surface area contributed by atoms with Gasteiger partial charge in [-0.25, -0.2) is 19.8 Å². The summed E-state index contributed by atoms with van der Waals surface area (Å²) in [5.41, 5.74) is 3.13. The van der Waals surface area contributed by atoms with Gasteiger partial charge in [-0.3, -0.25) is 19.8 Å². The maximum atomic E-state index is 12.3. The number of hydrogen-bond acceptors (Lipinski definition) is 10. The van der Waals surface area contributed by atoms with Gasteiger partial charge in [0.25, 0.3) is 0 Å². The molecule has 51 heavy (non-hydrogen) atoms. The third-order valence-electron chi connectivity index (χ3n) is 7.43. The van der Waals surface area contributed by atoms with Gasteiger partial charge in [0.05, 0.1) is 31.6 Å². The lowest BCUT2D eigenvalue weighted by Gasteiger charge is -2.26. The Hall–Kier alpha value is -6.17. The summed E-state index contributed by atoms with van der Waals surface area (Å²) in [4.78, 5) is 57.7. The number of rotatable bonds is 9. The van der Waals surface area contributed by atoms with Crippen LogP contribution in [0.15, 0.2) is 72.5 Å². The molecule has 0 saturated heterocycles. The topological polar surface area (TPSA) is 185 Å². The van der Waals surface area contributed by atoms with Crippen LogP contribution in [0.1, 0.15) is 82.5 Å². The van der Waals surface area contributed by atoms with Crippen molar-refractivity contribution in [2.45, 2.75) is 78.9 Å². The molecule has 0 unspecified atom stereocenters. The number of ketones is 1. The number of Topliss-reactive ketones (excluding diaryl/α,β-unsaturated/α-hetero) is 1. The van der Waals surface area contributed by atoms with Gasteiger partial charge >= 0.3 is 6.03 Å². The molecule has 2 N–H and O–H groups in total. The summed E-state index contributed by atoms with van der Waals surface area (Å²) < 4.78 is 9.37. The van der Waals surface area contributed by atoms with Crippen molar-refractivity contribution < 1.29 is 19.1 Å². The van der Waals surface area contributed by atoms with Crippen LogP contribution in [0.5, 0.6) is 5.88 Å². The van der Waals surface area contributed by atoms with Gasteiger partial charge in [0.1, 0.15) is 6.61 Å². The summed E-state index contributed by atoms with van der Waals surface area (Å²) >= 11 is 0. The summed E-state index contributed by atoms with van der Waals surface area (Å²) in [5.74, 6) is 0.942. The van der Waals surface area contributed by atoms with Gasteiger partial charge in [0.2, 0.25) is 17.7 Å². The van der Waals surface area contributed by atoms with E-state index in [9.17, 15) is 14.4 Å². The highest BCUT2D eigenvalue weighted by atomic mass is 16.5. The van der Waals surface area contributed by atoms with Crippen molar-refractivity contribution in [2.24, 2.45) is 4.99 Å². The van der Waals surface area contributed by atoms with Gasteiger partial charge in [0, 0.05) is 42.7 Å². The lowest BCUT2D eigenvalue weighted by molar-refractivity contribution is -0.115. The van der Waals surface area contributed by atoms with Crippen LogP contribution >= 0.6 is 0 Å². The van der Waals surface area contributed by atoms with E-state index < -0.39 is 0 Å². The van der Waals surface area contributed by atoms with Crippen LogP contribution in [0.25, 0.3) is 11.2 Å². The number of nitriles is 1. The molecule has 0 bridgehead atoms. The fraction of sp³-hybridized carbons (Fsp3) is 0.361. The minimum atomic E-state index is -0.223. The molecule has 0 fully saturated rings. The third kappa shape index (κ3) is 9.94. The highest BCUT2D eigenvalue weighted by Crippen LogP contribution is 2.26. The van der Waals surface area contributed by atoms with E-state index in [1.165, 1.54) is 0 Å². The van der Waals surface area contributed by atoms with E-state index in [0.29, 0.717) is 40.8 Å². The first-order valence-electron chi connectivity index (χ1n) is 16.6. The molecule has 266 valence electrons. The minimum Gasteiger partial charge on any atom is -0.475 e.